The number of nitrogens with two attached hydrogens (primary N) is 1. The lowest BCUT2D eigenvalue weighted by molar-refractivity contribution is 0.0918. The summed E-state index contributed by atoms with van der Waals surface area (Å²) in [5.74, 6) is -0.0984. The zero-order valence-electron chi connectivity index (χ0n) is 12.1. The second kappa shape index (κ2) is 6.34. The van der Waals surface area contributed by atoms with Crippen LogP contribution in [0.3, 0.4) is 0 Å². The highest BCUT2D eigenvalue weighted by Crippen LogP contribution is 2.38. The molecule has 0 aromatic carbocycles. The van der Waals surface area contributed by atoms with Crippen molar-refractivity contribution in [1.82, 2.24) is 4.98 Å². The summed E-state index contributed by atoms with van der Waals surface area (Å²) in [6.45, 7) is 3.85. The van der Waals surface area contributed by atoms with E-state index in [1.807, 2.05) is 13.8 Å². The van der Waals surface area contributed by atoms with Crippen molar-refractivity contribution >= 4 is 35.3 Å². The molecule has 0 saturated heterocycles. The minimum Gasteiger partial charge on any atom is -0.446 e. The van der Waals surface area contributed by atoms with Gasteiger partial charge in [-0.3, -0.25) is 9.36 Å². The van der Waals surface area contributed by atoms with Gasteiger partial charge in [0.1, 0.15) is 10.6 Å². The van der Waals surface area contributed by atoms with Gasteiger partial charge >= 0.3 is 7.60 Å². The van der Waals surface area contributed by atoms with Crippen LogP contribution >= 0.6 is 18.9 Å². The molecular formula is C13H17N2O5PS. The van der Waals surface area contributed by atoms with Crippen LogP contribution in [0, 0.1) is 5.92 Å². The molecule has 2 aromatic rings. The second-order valence-electron chi connectivity index (χ2n) is 4.79. The quantitative estimate of drug-likeness (QED) is 0.542. The largest absolute Gasteiger partial charge is 0.446 e. The molecule has 0 amide bonds. The predicted octanol–water partition coefficient (Wildman–Crippen LogP) is 2.41. The van der Waals surface area contributed by atoms with E-state index in [-0.39, 0.29) is 28.3 Å². The summed E-state index contributed by atoms with van der Waals surface area (Å²) in [5.41, 5.74) is 5.46. The first-order chi connectivity index (χ1) is 10.3. The summed E-state index contributed by atoms with van der Waals surface area (Å²) in [7, 11) is -4.49. The number of nitrogens with zero attached hydrogens (tertiary/aromatic N) is 1. The Morgan fingerprint density at radius 3 is 2.55 bits per heavy atom. The minimum atomic E-state index is -4.49. The van der Waals surface area contributed by atoms with Crippen LogP contribution in [0.1, 0.15) is 36.4 Å². The van der Waals surface area contributed by atoms with Crippen molar-refractivity contribution in [3.05, 3.63) is 17.0 Å². The van der Waals surface area contributed by atoms with Gasteiger partial charge in [0.2, 0.25) is 5.50 Å². The van der Waals surface area contributed by atoms with Crippen molar-refractivity contribution < 1.29 is 23.6 Å². The normalized spacial score (nSPS) is 12.0. The summed E-state index contributed by atoms with van der Waals surface area (Å²) < 4.78 is 16.4. The lowest BCUT2D eigenvalue weighted by Gasteiger charge is -2.09. The van der Waals surface area contributed by atoms with Crippen LogP contribution in [0.15, 0.2) is 16.5 Å². The SMILES string of the molecule is CCC(CC)C(=O)c1sc(N)nc1-c1ccc(P(=O)(O)O)o1. The highest BCUT2D eigenvalue weighted by Gasteiger charge is 2.28. The van der Waals surface area contributed by atoms with E-state index in [1.54, 1.807) is 0 Å². The predicted molar refractivity (Wildman–Crippen MR) is 84.3 cm³/mol. The Labute approximate surface area is 131 Å². The molecule has 0 radical (unpaired) electrons. The highest BCUT2D eigenvalue weighted by atomic mass is 32.1. The van der Waals surface area contributed by atoms with Gasteiger partial charge in [-0.2, -0.15) is 0 Å². The number of Topliss-reactive ketones (excluding diaryl/α,β-unsaturated/α-hetero) is 1. The molecule has 0 aliphatic rings. The number of hydrogen-bond acceptors (Lipinski definition) is 6. The number of thiazole rings is 1. The summed E-state index contributed by atoms with van der Waals surface area (Å²) in [4.78, 5) is 35.2. The number of anilines is 1. The monoisotopic (exact) mass is 344 g/mol. The molecule has 0 spiro atoms. The van der Waals surface area contributed by atoms with Gasteiger partial charge in [-0.25, -0.2) is 4.98 Å². The minimum absolute atomic E-state index is 0.0803. The van der Waals surface area contributed by atoms with Crippen molar-refractivity contribution in [3.8, 4) is 11.5 Å². The number of carbonyl (C=O) groups excluding carboxylic acids is 1. The van der Waals surface area contributed by atoms with E-state index >= 15 is 0 Å². The van der Waals surface area contributed by atoms with Crippen molar-refractivity contribution in [2.75, 3.05) is 5.73 Å². The van der Waals surface area contributed by atoms with Gasteiger partial charge in [0, 0.05) is 5.92 Å². The third kappa shape index (κ3) is 3.30. The number of carbonyl (C=O) groups is 1. The summed E-state index contributed by atoms with van der Waals surface area (Å²) in [6, 6.07) is 2.56. The Hall–Kier alpha value is -1.47. The molecule has 9 heteroatoms. The van der Waals surface area contributed by atoms with E-state index < -0.39 is 13.1 Å². The van der Waals surface area contributed by atoms with E-state index in [0.29, 0.717) is 17.7 Å². The highest BCUT2D eigenvalue weighted by molar-refractivity contribution is 7.59. The fraction of sp³-hybridized carbons (Fsp3) is 0.385. The number of rotatable bonds is 6. The van der Waals surface area contributed by atoms with Crippen molar-refractivity contribution in [2.24, 2.45) is 5.92 Å². The maximum atomic E-state index is 12.5. The molecule has 0 aliphatic carbocycles. The van der Waals surface area contributed by atoms with Gasteiger partial charge in [-0.15, -0.1) is 0 Å². The van der Waals surface area contributed by atoms with Crippen molar-refractivity contribution in [3.63, 3.8) is 0 Å². The first-order valence-corrected chi connectivity index (χ1v) is 9.17. The molecule has 4 N–H and O–H groups in total. The van der Waals surface area contributed by atoms with Crippen LogP contribution in [-0.4, -0.2) is 20.6 Å². The third-order valence-corrected chi connectivity index (χ3v) is 5.05. The van der Waals surface area contributed by atoms with Gasteiger partial charge in [0.25, 0.3) is 0 Å². The number of furan rings is 1. The molecule has 7 nitrogen and oxygen atoms in total. The number of nitrogen functional groups attached to an aromatic ring is 1. The summed E-state index contributed by atoms with van der Waals surface area (Å²) in [6.07, 6.45) is 1.39. The topological polar surface area (TPSA) is 127 Å². The number of ketones is 1. The van der Waals surface area contributed by atoms with E-state index in [0.717, 1.165) is 11.3 Å². The van der Waals surface area contributed by atoms with E-state index in [1.165, 1.54) is 12.1 Å². The molecule has 0 atom stereocenters. The van der Waals surface area contributed by atoms with Crippen LogP contribution < -0.4 is 11.2 Å². The molecule has 0 unspecified atom stereocenters. The maximum Gasteiger partial charge on any atom is 0.391 e. The van der Waals surface area contributed by atoms with E-state index in [4.69, 9.17) is 19.9 Å². The molecular weight excluding hydrogens is 327 g/mol. The van der Waals surface area contributed by atoms with Gasteiger partial charge in [0.15, 0.2) is 16.7 Å². The van der Waals surface area contributed by atoms with Crippen LogP contribution in [0.25, 0.3) is 11.5 Å². The van der Waals surface area contributed by atoms with Gasteiger partial charge < -0.3 is 19.9 Å². The lowest BCUT2D eigenvalue weighted by Crippen LogP contribution is -2.12. The Kier molecular flexibility index (Phi) is 4.87. The number of aromatic nitrogens is 1. The zero-order chi connectivity index (χ0) is 16.5. The average molecular weight is 344 g/mol. The van der Waals surface area contributed by atoms with Gasteiger partial charge in [-0.1, -0.05) is 25.2 Å². The smallest absolute Gasteiger partial charge is 0.391 e. The molecule has 0 saturated carbocycles. The molecule has 0 bridgehead atoms. The van der Waals surface area contributed by atoms with Gasteiger partial charge in [0.05, 0.1) is 0 Å². The van der Waals surface area contributed by atoms with Crippen LogP contribution in [-0.2, 0) is 4.57 Å². The maximum absolute atomic E-state index is 12.5. The fourth-order valence-corrected chi connectivity index (χ4v) is 3.47. The molecule has 22 heavy (non-hydrogen) atoms. The summed E-state index contributed by atoms with van der Waals surface area (Å²) in [5, 5.41) is 0.207. The van der Waals surface area contributed by atoms with E-state index in [9.17, 15) is 9.36 Å². The molecule has 2 aromatic heterocycles. The Bertz CT molecular complexity index is 729. The molecule has 0 aliphatic heterocycles. The summed E-state index contributed by atoms with van der Waals surface area (Å²) >= 11 is 1.06. The lowest BCUT2D eigenvalue weighted by atomic mass is 9.96. The van der Waals surface area contributed by atoms with Gasteiger partial charge in [-0.05, 0) is 25.0 Å². The molecule has 2 rings (SSSR count). The molecule has 0 fully saturated rings. The fourth-order valence-electron chi connectivity index (χ4n) is 2.13. The van der Waals surface area contributed by atoms with Crippen LogP contribution in [0.2, 0.25) is 0 Å². The average Bonchev–Trinajstić information content (AvgIpc) is 3.05. The van der Waals surface area contributed by atoms with Crippen molar-refractivity contribution in [1.29, 1.82) is 0 Å². The second-order valence-corrected chi connectivity index (χ2v) is 7.35. The Balaban J connectivity index is 2.47. The Morgan fingerprint density at radius 2 is 2.05 bits per heavy atom. The standard InChI is InChI=1S/C13H17N2O5PS/c1-3-7(4-2)11(16)12-10(15-13(14)22-12)8-5-6-9(20-8)21(17,18)19/h5-7H,3-4H2,1-2H3,(H2,14,15)(H2,17,18,19). The zero-order valence-corrected chi connectivity index (χ0v) is 13.9. The molecule has 2 heterocycles. The first kappa shape index (κ1) is 16.9. The third-order valence-electron chi connectivity index (χ3n) is 3.34. The first-order valence-electron chi connectivity index (χ1n) is 6.74. The van der Waals surface area contributed by atoms with Crippen molar-refractivity contribution in [2.45, 2.75) is 26.7 Å². The van der Waals surface area contributed by atoms with Crippen LogP contribution in [0.5, 0.6) is 0 Å². The molecule has 120 valence electrons. The van der Waals surface area contributed by atoms with Crippen LogP contribution in [0.4, 0.5) is 5.13 Å². The number of hydrogen-bond donors (Lipinski definition) is 3. The Morgan fingerprint density at radius 1 is 1.41 bits per heavy atom. The van der Waals surface area contributed by atoms with E-state index in [2.05, 4.69) is 4.98 Å².